The minimum atomic E-state index is -0.374. The van der Waals surface area contributed by atoms with Gasteiger partial charge in [0, 0.05) is 12.1 Å². The van der Waals surface area contributed by atoms with E-state index in [0.29, 0.717) is 24.3 Å². The van der Waals surface area contributed by atoms with Gasteiger partial charge < -0.3 is 4.74 Å². The molecule has 0 saturated heterocycles. The number of carbonyl (C=O) groups excluding carboxylic acids is 1. The molecule has 4 nitrogen and oxygen atoms in total. The van der Waals surface area contributed by atoms with Crippen LogP contribution in [0.4, 0.5) is 4.39 Å². The number of esters is 1. The quantitative estimate of drug-likeness (QED) is 0.738. The van der Waals surface area contributed by atoms with E-state index in [1.165, 1.54) is 18.2 Å². The minimum Gasteiger partial charge on any atom is -0.465 e. The van der Waals surface area contributed by atoms with Crippen LogP contribution >= 0.6 is 0 Å². The topological polar surface area (TPSA) is 53.3 Å². The van der Waals surface area contributed by atoms with Crippen molar-refractivity contribution in [2.45, 2.75) is 20.4 Å². The zero-order valence-electron chi connectivity index (χ0n) is 11.1. The summed E-state index contributed by atoms with van der Waals surface area (Å²) in [6.45, 7) is 4.93. The highest BCUT2D eigenvalue weighted by Gasteiger charge is 2.13. The van der Waals surface area contributed by atoms with Gasteiger partial charge in [0.2, 0.25) is 0 Å². The summed E-state index contributed by atoms with van der Waals surface area (Å²) in [7, 11) is 0. The van der Waals surface area contributed by atoms with Gasteiger partial charge in [-0.2, -0.15) is 5.26 Å². The van der Waals surface area contributed by atoms with Crippen LogP contribution in [-0.2, 0) is 16.1 Å². The molecule has 0 unspecified atom stereocenters. The highest BCUT2D eigenvalue weighted by molar-refractivity contribution is 5.71. The molecule has 5 heteroatoms. The minimum absolute atomic E-state index is 0.112. The van der Waals surface area contributed by atoms with Crippen molar-refractivity contribution in [2.75, 3.05) is 19.7 Å². The molecule has 0 amide bonds. The number of ether oxygens (including phenoxy) is 1. The highest BCUT2D eigenvalue weighted by Crippen LogP contribution is 2.12. The SMILES string of the molecule is CCOC(=O)CN(CC)Cc1cc(C#N)ccc1F. The van der Waals surface area contributed by atoms with Crippen LogP contribution in [0.15, 0.2) is 18.2 Å². The van der Waals surface area contributed by atoms with E-state index >= 15 is 0 Å². The number of nitriles is 1. The molecule has 1 rings (SSSR count). The van der Waals surface area contributed by atoms with Crippen LogP contribution < -0.4 is 0 Å². The molecule has 0 fully saturated rings. The Morgan fingerprint density at radius 1 is 1.47 bits per heavy atom. The Morgan fingerprint density at radius 2 is 2.21 bits per heavy atom. The fourth-order valence-corrected chi connectivity index (χ4v) is 1.68. The highest BCUT2D eigenvalue weighted by atomic mass is 19.1. The number of nitrogens with zero attached hydrogens (tertiary/aromatic N) is 2. The molecule has 0 aromatic heterocycles. The first-order valence-electron chi connectivity index (χ1n) is 6.17. The smallest absolute Gasteiger partial charge is 0.320 e. The predicted octanol–water partition coefficient (Wildman–Crippen LogP) is 2.08. The van der Waals surface area contributed by atoms with Crippen LogP contribution in [0, 0.1) is 17.1 Å². The number of rotatable bonds is 6. The van der Waals surface area contributed by atoms with Gasteiger partial charge in [0.25, 0.3) is 0 Å². The van der Waals surface area contributed by atoms with Gasteiger partial charge in [-0.15, -0.1) is 0 Å². The van der Waals surface area contributed by atoms with Crippen molar-refractivity contribution in [3.8, 4) is 6.07 Å². The molecule has 0 heterocycles. The summed E-state index contributed by atoms with van der Waals surface area (Å²) in [6.07, 6.45) is 0. The van der Waals surface area contributed by atoms with Gasteiger partial charge in [0.1, 0.15) is 5.82 Å². The molecular formula is C14H17FN2O2. The van der Waals surface area contributed by atoms with E-state index in [1.807, 2.05) is 13.0 Å². The van der Waals surface area contributed by atoms with E-state index in [-0.39, 0.29) is 24.9 Å². The molecule has 1 aromatic rings. The predicted molar refractivity (Wildman–Crippen MR) is 68.7 cm³/mol. The summed E-state index contributed by atoms with van der Waals surface area (Å²) in [6, 6.07) is 6.17. The van der Waals surface area contributed by atoms with E-state index in [9.17, 15) is 9.18 Å². The molecule has 0 aliphatic heterocycles. The van der Waals surface area contributed by atoms with E-state index in [2.05, 4.69) is 0 Å². The van der Waals surface area contributed by atoms with Crippen LogP contribution in [0.2, 0.25) is 0 Å². The Bertz CT molecular complexity index is 483. The Kier molecular flexibility index (Phi) is 5.97. The van der Waals surface area contributed by atoms with Crippen molar-refractivity contribution < 1.29 is 13.9 Å². The molecule has 0 atom stereocenters. The van der Waals surface area contributed by atoms with Crippen molar-refractivity contribution in [1.29, 1.82) is 5.26 Å². The van der Waals surface area contributed by atoms with E-state index < -0.39 is 0 Å². The first kappa shape index (κ1) is 15.1. The maximum atomic E-state index is 13.6. The zero-order chi connectivity index (χ0) is 14.3. The summed E-state index contributed by atoms with van der Waals surface area (Å²) in [5.74, 6) is -0.706. The largest absolute Gasteiger partial charge is 0.465 e. The van der Waals surface area contributed by atoms with Crippen molar-refractivity contribution in [2.24, 2.45) is 0 Å². The first-order chi connectivity index (χ1) is 9.10. The second kappa shape index (κ2) is 7.49. The van der Waals surface area contributed by atoms with Crippen LogP contribution in [-0.4, -0.2) is 30.6 Å². The third-order valence-corrected chi connectivity index (χ3v) is 2.67. The lowest BCUT2D eigenvalue weighted by atomic mass is 10.1. The zero-order valence-corrected chi connectivity index (χ0v) is 11.1. The fraction of sp³-hybridized carbons (Fsp3) is 0.429. The number of hydrogen-bond acceptors (Lipinski definition) is 4. The third-order valence-electron chi connectivity index (χ3n) is 2.67. The van der Waals surface area contributed by atoms with Gasteiger partial charge in [-0.25, -0.2) is 4.39 Å². The molecule has 0 N–H and O–H groups in total. The van der Waals surface area contributed by atoms with Gasteiger partial charge in [0.05, 0.1) is 24.8 Å². The molecule has 1 aromatic carbocycles. The van der Waals surface area contributed by atoms with Crippen LogP contribution in [0.25, 0.3) is 0 Å². The Balaban J connectivity index is 2.75. The number of halogens is 1. The average Bonchev–Trinajstić information content (AvgIpc) is 2.40. The van der Waals surface area contributed by atoms with Crippen molar-refractivity contribution in [1.82, 2.24) is 4.90 Å². The Morgan fingerprint density at radius 3 is 2.79 bits per heavy atom. The van der Waals surface area contributed by atoms with Crippen molar-refractivity contribution in [3.63, 3.8) is 0 Å². The van der Waals surface area contributed by atoms with Gasteiger partial charge in [-0.05, 0) is 31.7 Å². The summed E-state index contributed by atoms with van der Waals surface area (Å²) in [5, 5.41) is 8.80. The molecule has 102 valence electrons. The van der Waals surface area contributed by atoms with Crippen molar-refractivity contribution in [3.05, 3.63) is 35.1 Å². The lowest BCUT2D eigenvalue weighted by Gasteiger charge is -2.19. The first-order valence-corrected chi connectivity index (χ1v) is 6.17. The average molecular weight is 264 g/mol. The van der Waals surface area contributed by atoms with Crippen LogP contribution in [0.5, 0.6) is 0 Å². The lowest BCUT2D eigenvalue weighted by Crippen LogP contribution is -2.30. The number of likely N-dealkylation sites (N-methyl/N-ethyl adjacent to an activating group) is 1. The maximum Gasteiger partial charge on any atom is 0.320 e. The Hall–Kier alpha value is -1.93. The van der Waals surface area contributed by atoms with E-state index in [1.54, 1.807) is 11.8 Å². The molecule has 0 bridgehead atoms. The van der Waals surface area contributed by atoms with Gasteiger partial charge in [0.15, 0.2) is 0 Å². The second-order valence-electron chi connectivity index (χ2n) is 4.03. The van der Waals surface area contributed by atoms with Gasteiger partial charge >= 0.3 is 5.97 Å². The molecule has 0 radical (unpaired) electrons. The molecule has 0 aliphatic rings. The van der Waals surface area contributed by atoms with Gasteiger partial charge in [-0.3, -0.25) is 9.69 Å². The molecule has 0 aliphatic carbocycles. The number of carbonyl (C=O) groups is 1. The standard InChI is InChI=1S/C14H17FN2O2/c1-3-17(10-14(18)19-4-2)9-12-7-11(8-16)5-6-13(12)15/h5-7H,3-4,9-10H2,1-2H3. The van der Waals surface area contributed by atoms with E-state index in [0.717, 1.165) is 0 Å². The monoisotopic (exact) mass is 264 g/mol. The van der Waals surface area contributed by atoms with Crippen molar-refractivity contribution >= 4 is 5.97 Å². The summed E-state index contributed by atoms with van der Waals surface area (Å²) < 4.78 is 18.5. The van der Waals surface area contributed by atoms with Crippen LogP contribution in [0.1, 0.15) is 25.0 Å². The number of hydrogen-bond donors (Lipinski definition) is 0. The Labute approximate surface area is 112 Å². The summed E-state index contributed by atoms with van der Waals surface area (Å²) in [4.78, 5) is 13.2. The lowest BCUT2D eigenvalue weighted by molar-refractivity contribution is -0.144. The second-order valence-corrected chi connectivity index (χ2v) is 4.03. The third kappa shape index (κ3) is 4.68. The summed E-state index contributed by atoms with van der Waals surface area (Å²) >= 11 is 0. The summed E-state index contributed by atoms with van der Waals surface area (Å²) in [5.41, 5.74) is 0.814. The molecule has 0 saturated carbocycles. The van der Waals surface area contributed by atoms with Crippen LogP contribution in [0.3, 0.4) is 0 Å². The number of benzene rings is 1. The molecule has 0 spiro atoms. The molecule has 19 heavy (non-hydrogen) atoms. The van der Waals surface area contributed by atoms with E-state index in [4.69, 9.17) is 10.00 Å². The molecular weight excluding hydrogens is 247 g/mol. The van der Waals surface area contributed by atoms with Gasteiger partial charge in [-0.1, -0.05) is 6.92 Å². The maximum absolute atomic E-state index is 13.6. The fourth-order valence-electron chi connectivity index (χ4n) is 1.68. The normalized spacial score (nSPS) is 10.3.